The van der Waals surface area contributed by atoms with Crippen LogP contribution >= 0.6 is 12.2 Å². The summed E-state index contributed by atoms with van der Waals surface area (Å²) in [5.41, 5.74) is 5.79. The van der Waals surface area contributed by atoms with Gasteiger partial charge in [-0.1, -0.05) is 12.2 Å². The Morgan fingerprint density at radius 1 is 1.60 bits per heavy atom. The molecule has 0 amide bonds. The summed E-state index contributed by atoms with van der Waals surface area (Å²) >= 11 is 4.95. The molecule has 15 heavy (non-hydrogen) atoms. The zero-order valence-corrected chi connectivity index (χ0v) is 10.2. The molecule has 0 aromatic heterocycles. The molecule has 4 heteroatoms. The minimum atomic E-state index is 0.216. The molecule has 0 aromatic carbocycles. The average Bonchev–Trinajstić information content (AvgIpc) is 2.14. The highest BCUT2D eigenvalue weighted by Gasteiger charge is 2.43. The molecular weight excluding hydrogens is 208 g/mol. The van der Waals surface area contributed by atoms with Gasteiger partial charge in [0.15, 0.2) is 0 Å². The molecule has 2 N–H and O–H groups in total. The van der Waals surface area contributed by atoms with Crippen LogP contribution in [0, 0.1) is 0 Å². The first-order chi connectivity index (χ1) is 7.11. The summed E-state index contributed by atoms with van der Waals surface area (Å²) in [4.78, 5) is 2.87. The van der Waals surface area contributed by atoms with E-state index in [-0.39, 0.29) is 5.60 Å². The quantitative estimate of drug-likeness (QED) is 0.739. The number of nitrogens with zero attached hydrogens (tertiary/aromatic N) is 1. The third-order valence-electron chi connectivity index (χ3n) is 3.76. The second-order valence-electron chi connectivity index (χ2n) is 4.91. The van der Waals surface area contributed by atoms with E-state index in [1.165, 1.54) is 19.3 Å². The van der Waals surface area contributed by atoms with Crippen molar-refractivity contribution in [2.45, 2.75) is 43.7 Å². The first kappa shape index (κ1) is 11.3. The van der Waals surface area contributed by atoms with Gasteiger partial charge in [0.2, 0.25) is 0 Å². The third-order valence-corrected chi connectivity index (χ3v) is 3.89. The van der Waals surface area contributed by atoms with Crippen molar-refractivity contribution in [1.29, 1.82) is 0 Å². The fourth-order valence-corrected chi connectivity index (χ4v) is 2.88. The maximum absolute atomic E-state index is 5.90. The van der Waals surface area contributed by atoms with E-state index in [0.29, 0.717) is 11.0 Å². The standard InChI is InChI=1S/C11H20N2OS/c1-13(8-10(12)15)9-3-6-14-11(7-9)4-2-5-11/h9H,2-8H2,1H3,(H2,12,15). The number of hydrogen-bond acceptors (Lipinski definition) is 3. The molecule has 86 valence electrons. The lowest BCUT2D eigenvalue weighted by Crippen LogP contribution is -2.52. The molecule has 1 spiro atoms. The molecule has 1 heterocycles. The lowest BCUT2D eigenvalue weighted by atomic mass is 9.73. The van der Waals surface area contributed by atoms with Gasteiger partial charge >= 0.3 is 0 Å². The number of rotatable bonds is 3. The SMILES string of the molecule is CN(CC(N)=S)C1CCOC2(CCC2)C1. The zero-order valence-electron chi connectivity index (χ0n) is 9.37. The van der Waals surface area contributed by atoms with E-state index < -0.39 is 0 Å². The van der Waals surface area contributed by atoms with Crippen LogP contribution in [0.4, 0.5) is 0 Å². The second kappa shape index (κ2) is 4.36. The largest absolute Gasteiger partial charge is 0.392 e. The van der Waals surface area contributed by atoms with Crippen LogP contribution in [-0.4, -0.2) is 41.7 Å². The van der Waals surface area contributed by atoms with Crippen molar-refractivity contribution in [3.63, 3.8) is 0 Å². The van der Waals surface area contributed by atoms with Gasteiger partial charge in [-0.25, -0.2) is 0 Å². The molecule has 0 bridgehead atoms. The van der Waals surface area contributed by atoms with Crippen LogP contribution in [0.2, 0.25) is 0 Å². The van der Waals surface area contributed by atoms with Gasteiger partial charge in [-0.15, -0.1) is 0 Å². The number of thiocarbonyl (C=S) groups is 1. The van der Waals surface area contributed by atoms with E-state index in [2.05, 4.69) is 11.9 Å². The second-order valence-corrected chi connectivity index (χ2v) is 5.44. The van der Waals surface area contributed by atoms with Gasteiger partial charge in [-0.3, -0.25) is 4.90 Å². The fraction of sp³-hybridized carbons (Fsp3) is 0.909. The van der Waals surface area contributed by atoms with Crippen molar-refractivity contribution in [3.8, 4) is 0 Å². The maximum Gasteiger partial charge on any atom is 0.0870 e. The van der Waals surface area contributed by atoms with Gasteiger partial charge in [-0.2, -0.15) is 0 Å². The summed E-state index contributed by atoms with van der Waals surface area (Å²) < 4.78 is 5.90. The summed E-state index contributed by atoms with van der Waals surface area (Å²) in [7, 11) is 2.11. The van der Waals surface area contributed by atoms with Gasteiger partial charge in [0.05, 0.1) is 10.6 Å². The number of hydrogen-bond donors (Lipinski definition) is 1. The molecule has 1 saturated carbocycles. The summed E-state index contributed by atoms with van der Waals surface area (Å²) in [6.45, 7) is 1.63. The highest BCUT2D eigenvalue weighted by Crippen LogP contribution is 2.43. The van der Waals surface area contributed by atoms with Crippen molar-refractivity contribution in [2.24, 2.45) is 5.73 Å². The Bertz CT molecular complexity index is 253. The number of nitrogens with two attached hydrogens (primary N) is 1. The zero-order chi connectivity index (χ0) is 10.9. The van der Waals surface area contributed by atoms with E-state index in [1.807, 2.05) is 0 Å². The van der Waals surface area contributed by atoms with Gasteiger partial charge < -0.3 is 10.5 Å². The highest BCUT2D eigenvalue weighted by molar-refractivity contribution is 7.80. The lowest BCUT2D eigenvalue weighted by Gasteiger charge is -2.49. The first-order valence-corrected chi connectivity index (χ1v) is 6.15. The predicted octanol–water partition coefficient (Wildman–Crippen LogP) is 1.31. The molecule has 2 aliphatic rings. The molecule has 0 radical (unpaired) electrons. The molecule has 1 unspecified atom stereocenters. The van der Waals surface area contributed by atoms with E-state index in [9.17, 15) is 0 Å². The number of ether oxygens (including phenoxy) is 1. The van der Waals surface area contributed by atoms with Crippen molar-refractivity contribution in [3.05, 3.63) is 0 Å². The predicted molar refractivity (Wildman–Crippen MR) is 65.0 cm³/mol. The van der Waals surface area contributed by atoms with Crippen molar-refractivity contribution < 1.29 is 4.74 Å². The van der Waals surface area contributed by atoms with Crippen LogP contribution in [0.25, 0.3) is 0 Å². The molecular formula is C11H20N2OS. The molecule has 1 aliphatic heterocycles. The monoisotopic (exact) mass is 228 g/mol. The summed E-state index contributed by atoms with van der Waals surface area (Å²) in [6.07, 6.45) is 6.08. The molecule has 3 nitrogen and oxygen atoms in total. The van der Waals surface area contributed by atoms with Crippen LogP contribution in [0.5, 0.6) is 0 Å². The Hall–Kier alpha value is -0.190. The highest BCUT2D eigenvalue weighted by atomic mass is 32.1. The van der Waals surface area contributed by atoms with Crippen LogP contribution in [-0.2, 0) is 4.74 Å². The van der Waals surface area contributed by atoms with E-state index >= 15 is 0 Å². The Labute approximate surface area is 96.9 Å². The molecule has 1 aliphatic carbocycles. The van der Waals surface area contributed by atoms with Crippen molar-refractivity contribution in [2.75, 3.05) is 20.2 Å². The Morgan fingerprint density at radius 3 is 2.87 bits per heavy atom. The molecule has 2 fully saturated rings. The maximum atomic E-state index is 5.90. The van der Waals surface area contributed by atoms with Crippen LogP contribution < -0.4 is 5.73 Å². The van der Waals surface area contributed by atoms with E-state index in [4.69, 9.17) is 22.7 Å². The summed E-state index contributed by atoms with van der Waals surface area (Å²) in [5, 5.41) is 0. The summed E-state index contributed by atoms with van der Waals surface area (Å²) in [5.74, 6) is 0. The average molecular weight is 228 g/mol. The molecule has 2 rings (SSSR count). The van der Waals surface area contributed by atoms with Crippen molar-refractivity contribution in [1.82, 2.24) is 4.90 Å². The molecule has 1 atom stereocenters. The minimum Gasteiger partial charge on any atom is -0.392 e. The fourth-order valence-electron chi connectivity index (χ4n) is 2.67. The Kier molecular flexibility index (Phi) is 3.28. The first-order valence-electron chi connectivity index (χ1n) is 5.74. The van der Waals surface area contributed by atoms with E-state index in [1.54, 1.807) is 0 Å². The number of likely N-dealkylation sites (N-methyl/N-ethyl adjacent to an activating group) is 1. The third kappa shape index (κ3) is 2.49. The van der Waals surface area contributed by atoms with Gasteiger partial charge in [0, 0.05) is 19.2 Å². The topological polar surface area (TPSA) is 38.5 Å². The summed E-state index contributed by atoms with van der Waals surface area (Å²) in [6, 6.07) is 0.598. The molecule has 0 aromatic rings. The van der Waals surface area contributed by atoms with Crippen LogP contribution in [0.1, 0.15) is 32.1 Å². The smallest absolute Gasteiger partial charge is 0.0870 e. The van der Waals surface area contributed by atoms with Gasteiger partial charge in [-0.05, 0) is 39.2 Å². The van der Waals surface area contributed by atoms with Crippen molar-refractivity contribution >= 4 is 17.2 Å². The Morgan fingerprint density at radius 2 is 2.33 bits per heavy atom. The van der Waals surface area contributed by atoms with Gasteiger partial charge in [0.25, 0.3) is 0 Å². The van der Waals surface area contributed by atoms with Crippen LogP contribution in [0.3, 0.4) is 0 Å². The van der Waals surface area contributed by atoms with Crippen LogP contribution in [0.15, 0.2) is 0 Å². The minimum absolute atomic E-state index is 0.216. The van der Waals surface area contributed by atoms with E-state index in [0.717, 1.165) is 26.0 Å². The van der Waals surface area contributed by atoms with Gasteiger partial charge in [0.1, 0.15) is 0 Å². The lowest BCUT2D eigenvalue weighted by molar-refractivity contribution is -0.145. The molecule has 1 saturated heterocycles. The normalized spacial score (nSPS) is 29.1. The Balaban J connectivity index is 1.89.